The van der Waals surface area contributed by atoms with Gasteiger partial charge in [-0.1, -0.05) is 0 Å². The minimum atomic E-state index is -2.69. The number of carbonyl (C=O) groups is 1. The third-order valence-electron chi connectivity index (χ3n) is 5.08. The lowest BCUT2D eigenvalue weighted by molar-refractivity contribution is 0.0256. The van der Waals surface area contributed by atoms with Gasteiger partial charge in [0.1, 0.15) is 12.1 Å². The Morgan fingerprint density at radius 1 is 1.44 bits per heavy atom. The maximum atomic E-state index is 13.5. The number of rotatable bonds is 4. The van der Waals surface area contributed by atoms with Crippen LogP contribution in [0, 0.1) is 12.8 Å². The van der Waals surface area contributed by atoms with Crippen molar-refractivity contribution in [3.63, 3.8) is 0 Å². The van der Waals surface area contributed by atoms with Crippen LogP contribution in [0.25, 0.3) is 5.65 Å². The summed E-state index contributed by atoms with van der Waals surface area (Å²) in [4.78, 5) is 22.8. The standard InChI is InChI=1S/C17H21F2N5O/c1-10-7-13(23-6-5-17(18,19)8-23)22-15-14(20-9-24(10)15)16(25)21-11(2)12-3-4-12/h7,9,11-12H,3-6,8H2,1-2H3,(H,21,25). The van der Waals surface area contributed by atoms with Crippen molar-refractivity contribution < 1.29 is 13.6 Å². The zero-order chi connectivity index (χ0) is 17.8. The lowest BCUT2D eigenvalue weighted by atomic mass is 10.2. The van der Waals surface area contributed by atoms with E-state index in [1.165, 1.54) is 0 Å². The number of hydrogen-bond acceptors (Lipinski definition) is 4. The lowest BCUT2D eigenvalue weighted by Crippen LogP contribution is -2.34. The number of carbonyl (C=O) groups excluding carboxylic acids is 1. The molecule has 1 saturated heterocycles. The molecule has 25 heavy (non-hydrogen) atoms. The Hall–Kier alpha value is -2.25. The molecule has 134 valence electrons. The fourth-order valence-electron chi connectivity index (χ4n) is 3.35. The van der Waals surface area contributed by atoms with Crippen molar-refractivity contribution in [1.82, 2.24) is 19.7 Å². The maximum Gasteiger partial charge on any atom is 0.274 e. The molecule has 1 amide bonds. The molecule has 1 N–H and O–H groups in total. The van der Waals surface area contributed by atoms with Gasteiger partial charge in [0, 0.05) is 30.8 Å². The number of aryl methyl sites for hydroxylation is 1. The molecule has 3 heterocycles. The maximum absolute atomic E-state index is 13.5. The molecular weight excluding hydrogens is 328 g/mol. The fraction of sp³-hybridized carbons (Fsp3) is 0.588. The number of aromatic nitrogens is 3. The Morgan fingerprint density at radius 2 is 2.20 bits per heavy atom. The van der Waals surface area contributed by atoms with Crippen molar-refractivity contribution in [3.8, 4) is 0 Å². The van der Waals surface area contributed by atoms with Crippen LogP contribution in [-0.2, 0) is 0 Å². The highest BCUT2D eigenvalue weighted by Gasteiger charge is 2.39. The molecule has 0 aromatic carbocycles. The zero-order valence-corrected chi connectivity index (χ0v) is 14.3. The number of amides is 1. The highest BCUT2D eigenvalue weighted by atomic mass is 19.3. The number of halogens is 2. The van der Waals surface area contributed by atoms with Crippen molar-refractivity contribution in [1.29, 1.82) is 0 Å². The number of anilines is 1. The minimum absolute atomic E-state index is 0.103. The molecule has 0 radical (unpaired) electrons. The van der Waals surface area contributed by atoms with Gasteiger partial charge < -0.3 is 10.2 Å². The first kappa shape index (κ1) is 16.2. The van der Waals surface area contributed by atoms with Crippen molar-refractivity contribution >= 4 is 17.4 Å². The van der Waals surface area contributed by atoms with Crippen molar-refractivity contribution in [2.45, 2.75) is 45.1 Å². The summed E-state index contributed by atoms with van der Waals surface area (Å²) < 4.78 is 28.7. The van der Waals surface area contributed by atoms with E-state index in [9.17, 15) is 13.6 Å². The topological polar surface area (TPSA) is 62.5 Å². The summed E-state index contributed by atoms with van der Waals surface area (Å²) in [7, 11) is 0. The molecule has 2 fully saturated rings. The monoisotopic (exact) mass is 349 g/mol. The average Bonchev–Trinajstić information content (AvgIpc) is 3.21. The van der Waals surface area contributed by atoms with Crippen LogP contribution in [0.1, 0.15) is 42.4 Å². The van der Waals surface area contributed by atoms with E-state index in [-0.39, 0.29) is 37.2 Å². The first-order valence-electron chi connectivity index (χ1n) is 8.62. The number of alkyl halides is 2. The van der Waals surface area contributed by atoms with Crippen LogP contribution in [0.15, 0.2) is 12.4 Å². The summed E-state index contributed by atoms with van der Waals surface area (Å²) in [6.07, 6.45) is 3.65. The fourth-order valence-corrected chi connectivity index (χ4v) is 3.35. The molecule has 6 nitrogen and oxygen atoms in total. The molecule has 0 spiro atoms. The van der Waals surface area contributed by atoms with Gasteiger partial charge >= 0.3 is 0 Å². The molecule has 0 bridgehead atoms. The Kier molecular flexibility index (Phi) is 3.66. The highest BCUT2D eigenvalue weighted by molar-refractivity contribution is 5.98. The number of fused-ring (bicyclic) bond motifs is 1. The molecule has 1 aliphatic heterocycles. The molecule has 1 unspecified atom stereocenters. The van der Waals surface area contributed by atoms with Gasteiger partial charge in [0.15, 0.2) is 11.3 Å². The van der Waals surface area contributed by atoms with Crippen LogP contribution in [0.4, 0.5) is 14.6 Å². The molecule has 2 aliphatic rings. The largest absolute Gasteiger partial charge is 0.350 e. The summed E-state index contributed by atoms with van der Waals surface area (Å²) in [6.45, 7) is 3.75. The molecule has 2 aromatic rings. The van der Waals surface area contributed by atoms with E-state index in [0.29, 0.717) is 17.4 Å². The van der Waals surface area contributed by atoms with Crippen LogP contribution in [0.3, 0.4) is 0 Å². The smallest absolute Gasteiger partial charge is 0.274 e. The lowest BCUT2D eigenvalue weighted by Gasteiger charge is -2.18. The van der Waals surface area contributed by atoms with Crippen LogP contribution in [0.2, 0.25) is 0 Å². The second kappa shape index (κ2) is 5.64. The van der Waals surface area contributed by atoms with E-state index >= 15 is 0 Å². The van der Waals surface area contributed by atoms with Crippen molar-refractivity contribution in [2.75, 3.05) is 18.0 Å². The highest BCUT2D eigenvalue weighted by Crippen LogP contribution is 2.33. The van der Waals surface area contributed by atoms with E-state index in [1.54, 1.807) is 21.7 Å². The summed E-state index contributed by atoms with van der Waals surface area (Å²) in [5, 5.41) is 2.97. The SMILES string of the molecule is Cc1cc(N2CCC(F)(F)C2)nc2c(C(=O)NC(C)C3CC3)ncn12. The summed E-state index contributed by atoms with van der Waals surface area (Å²) in [6, 6.07) is 1.86. The summed E-state index contributed by atoms with van der Waals surface area (Å²) >= 11 is 0. The van der Waals surface area contributed by atoms with E-state index in [1.807, 2.05) is 13.8 Å². The number of nitrogens with one attached hydrogen (secondary N) is 1. The molecule has 1 atom stereocenters. The average molecular weight is 349 g/mol. The second-order valence-electron chi connectivity index (χ2n) is 7.17. The zero-order valence-electron chi connectivity index (χ0n) is 14.3. The van der Waals surface area contributed by atoms with Crippen molar-refractivity contribution in [2.24, 2.45) is 5.92 Å². The van der Waals surface area contributed by atoms with Crippen molar-refractivity contribution in [3.05, 3.63) is 23.8 Å². The summed E-state index contributed by atoms with van der Waals surface area (Å²) in [5.74, 6) is -1.96. The first-order chi connectivity index (χ1) is 11.8. The van der Waals surface area contributed by atoms with Crippen LogP contribution in [-0.4, -0.2) is 45.3 Å². The van der Waals surface area contributed by atoms with Gasteiger partial charge in [0.05, 0.1) is 6.54 Å². The number of imidazole rings is 1. The van der Waals surface area contributed by atoms with Crippen LogP contribution in [0.5, 0.6) is 0 Å². The third-order valence-corrected chi connectivity index (χ3v) is 5.08. The number of nitrogens with zero attached hydrogens (tertiary/aromatic N) is 4. The quantitative estimate of drug-likeness (QED) is 0.921. The van der Waals surface area contributed by atoms with E-state index in [0.717, 1.165) is 18.5 Å². The summed E-state index contributed by atoms with van der Waals surface area (Å²) in [5.41, 5.74) is 1.45. The Bertz CT molecular complexity index is 830. The second-order valence-corrected chi connectivity index (χ2v) is 7.17. The third kappa shape index (κ3) is 3.05. The molecular formula is C17H21F2N5O. The molecule has 2 aromatic heterocycles. The van der Waals surface area contributed by atoms with Gasteiger partial charge in [-0.05, 0) is 32.6 Å². The number of hydrogen-bond donors (Lipinski definition) is 1. The van der Waals surface area contributed by atoms with E-state index < -0.39 is 5.92 Å². The van der Waals surface area contributed by atoms with Gasteiger partial charge in [0.2, 0.25) is 0 Å². The predicted octanol–water partition coefficient (Wildman–Crippen LogP) is 2.41. The van der Waals surface area contributed by atoms with E-state index in [4.69, 9.17) is 0 Å². The predicted molar refractivity (Wildman–Crippen MR) is 89.2 cm³/mol. The van der Waals surface area contributed by atoms with Gasteiger partial charge in [-0.25, -0.2) is 18.7 Å². The van der Waals surface area contributed by atoms with Crippen LogP contribution >= 0.6 is 0 Å². The molecule has 8 heteroatoms. The Morgan fingerprint density at radius 3 is 2.84 bits per heavy atom. The minimum Gasteiger partial charge on any atom is -0.350 e. The van der Waals surface area contributed by atoms with Gasteiger partial charge in [-0.3, -0.25) is 9.20 Å². The van der Waals surface area contributed by atoms with Gasteiger partial charge in [-0.2, -0.15) is 0 Å². The Labute approximate surface area is 144 Å². The first-order valence-corrected chi connectivity index (χ1v) is 8.62. The molecule has 1 aliphatic carbocycles. The van der Waals surface area contributed by atoms with E-state index in [2.05, 4.69) is 15.3 Å². The van der Waals surface area contributed by atoms with Gasteiger partial charge in [-0.15, -0.1) is 0 Å². The van der Waals surface area contributed by atoms with Gasteiger partial charge in [0.25, 0.3) is 11.8 Å². The Balaban J connectivity index is 1.65. The molecule has 1 saturated carbocycles. The van der Waals surface area contributed by atoms with Crippen LogP contribution < -0.4 is 10.2 Å². The normalized spacial score (nSPS) is 20.9. The molecule has 4 rings (SSSR count).